The van der Waals surface area contributed by atoms with E-state index in [0.717, 1.165) is 66.3 Å². The fourth-order valence-corrected chi connectivity index (χ4v) is 8.13. The molecule has 0 fully saturated rings. The van der Waals surface area contributed by atoms with E-state index in [-0.39, 0.29) is 11.8 Å². The van der Waals surface area contributed by atoms with Crippen LogP contribution in [0.15, 0.2) is 182 Å². The number of rotatable bonds is 6. The van der Waals surface area contributed by atoms with E-state index in [4.69, 9.17) is 6.57 Å². The molecule has 0 radical (unpaired) electrons. The third-order valence-corrected chi connectivity index (χ3v) is 11.0. The Morgan fingerprint density at radius 1 is 0.483 bits per heavy atom. The molecule has 0 spiro atoms. The van der Waals surface area contributed by atoms with E-state index < -0.39 is 0 Å². The van der Waals surface area contributed by atoms with Crippen molar-refractivity contribution < 1.29 is 9.59 Å². The van der Waals surface area contributed by atoms with Crippen molar-refractivity contribution in [1.82, 2.24) is 4.57 Å². The summed E-state index contributed by atoms with van der Waals surface area (Å²) in [6.45, 7) is 7.40. The van der Waals surface area contributed by atoms with Crippen LogP contribution < -0.4 is 4.90 Å². The maximum absolute atomic E-state index is 14.9. The molecule has 10 rings (SSSR count). The third kappa shape index (κ3) is 5.64. The normalized spacial score (nSPS) is 12.1. The number of hydrogen-bond donors (Lipinski definition) is 0. The highest BCUT2D eigenvalue weighted by Gasteiger charge is 2.39. The fourth-order valence-electron chi connectivity index (χ4n) is 8.13. The Morgan fingerprint density at radius 3 is 1.53 bits per heavy atom. The molecule has 1 aliphatic rings. The van der Waals surface area contributed by atoms with E-state index in [9.17, 15) is 14.9 Å². The lowest BCUT2D eigenvalue weighted by atomic mass is 9.97. The second-order valence-electron chi connectivity index (χ2n) is 14.3. The molecule has 1 aromatic heterocycles. The van der Waals surface area contributed by atoms with Crippen molar-refractivity contribution >= 4 is 45.0 Å². The zero-order valence-corrected chi connectivity index (χ0v) is 30.9. The highest BCUT2D eigenvalue weighted by atomic mass is 16.2. The summed E-state index contributed by atoms with van der Waals surface area (Å²) in [5.74, 6) is -0.763. The first-order valence-electron chi connectivity index (χ1n) is 18.8. The lowest BCUT2D eigenvalue weighted by Gasteiger charge is -2.18. The lowest BCUT2D eigenvalue weighted by molar-refractivity contribution is 0.0926. The average Bonchev–Trinajstić information content (AvgIpc) is 3.76. The summed E-state index contributed by atoms with van der Waals surface area (Å²) in [6.07, 6.45) is 0. The number of carbonyl (C=O) groups is 2. The van der Waals surface area contributed by atoms with Gasteiger partial charge in [-0.3, -0.25) is 9.59 Å². The quantitative estimate of drug-likeness (QED) is 0.126. The first-order valence-corrected chi connectivity index (χ1v) is 18.8. The second kappa shape index (κ2) is 13.8. The van der Waals surface area contributed by atoms with Gasteiger partial charge in [0.05, 0.1) is 51.7 Å². The summed E-state index contributed by atoms with van der Waals surface area (Å²) < 4.78 is 2.09. The van der Waals surface area contributed by atoms with Crippen molar-refractivity contribution in [2.24, 2.45) is 0 Å². The largest absolute Gasteiger partial charge is 0.308 e. The van der Waals surface area contributed by atoms with E-state index in [1.54, 1.807) is 6.07 Å². The second-order valence-corrected chi connectivity index (χ2v) is 14.3. The molecule has 6 heteroatoms. The molecule has 9 aromatic rings. The van der Waals surface area contributed by atoms with Crippen molar-refractivity contribution in [3.8, 4) is 56.3 Å². The monoisotopic (exact) mass is 742 g/mol. The van der Waals surface area contributed by atoms with E-state index in [0.29, 0.717) is 33.8 Å². The smallest absolute Gasteiger partial charge is 0.268 e. The van der Waals surface area contributed by atoms with Crippen LogP contribution in [0.2, 0.25) is 0 Å². The van der Waals surface area contributed by atoms with Crippen LogP contribution in [0.4, 0.5) is 11.4 Å². The van der Waals surface area contributed by atoms with Crippen molar-refractivity contribution in [2.75, 3.05) is 4.90 Å². The first-order chi connectivity index (χ1) is 28.5. The minimum atomic E-state index is -0.388. The molecule has 0 unspecified atom stereocenters. The predicted octanol–water partition coefficient (Wildman–Crippen LogP) is 12.7. The Bertz CT molecular complexity index is 3030. The Balaban J connectivity index is 1.16. The van der Waals surface area contributed by atoms with Gasteiger partial charge >= 0.3 is 0 Å². The number of anilines is 1. The summed E-state index contributed by atoms with van der Waals surface area (Å²) in [4.78, 5) is 34.3. The maximum Gasteiger partial charge on any atom is 0.268 e. The van der Waals surface area contributed by atoms with Crippen LogP contribution in [0.1, 0.15) is 26.3 Å². The van der Waals surface area contributed by atoms with Gasteiger partial charge in [0, 0.05) is 10.8 Å². The topological polar surface area (TPSA) is 70.5 Å². The van der Waals surface area contributed by atoms with E-state index >= 15 is 0 Å². The molecule has 0 N–H and O–H groups in total. The Hall–Kier alpha value is -8.32. The summed E-state index contributed by atoms with van der Waals surface area (Å²) in [6, 6.07) is 61.1. The molecule has 2 heterocycles. The molecule has 0 saturated carbocycles. The molecule has 1 aliphatic heterocycles. The van der Waals surface area contributed by atoms with Crippen LogP contribution >= 0.6 is 0 Å². The SMILES string of the molecule is [C-]#[N+]c1ccc(-c2ccc3c(c2)c2cc(-c4ccc(C#N)cc4)ccc2n3-c2cccc3c2C(=O)N(c2cc(-c4ccccc4)cc(-c4ccccc4)c2)C3=O)cc1. The van der Waals surface area contributed by atoms with E-state index in [2.05, 4.69) is 51.9 Å². The molecule has 8 aromatic carbocycles. The van der Waals surface area contributed by atoms with Crippen molar-refractivity contribution in [3.05, 3.63) is 210 Å². The van der Waals surface area contributed by atoms with Crippen molar-refractivity contribution in [2.45, 2.75) is 0 Å². The summed E-state index contributed by atoms with van der Waals surface area (Å²) in [5.41, 5.74) is 12.4. The molecular formula is C52H30N4O2. The lowest BCUT2D eigenvalue weighted by Crippen LogP contribution is -2.29. The number of nitriles is 1. The molecular weight excluding hydrogens is 713 g/mol. The van der Waals surface area contributed by atoms with E-state index in [1.165, 1.54) is 4.90 Å². The number of nitrogens with zero attached hydrogens (tertiary/aromatic N) is 4. The standard InChI is InChI=1S/C52H30N4O2/c1-54-42-23-19-37(20-24-42)39-22-26-48-46(31-39)45-30-38(36-17-15-33(32-53)16-18-36)21-25-47(45)56(48)49-14-8-13-44-50(49)52(58)55(51(44)57)43-28-40(34-9-4-2-5-10-34)27-41(29-43)35-11-6-3-7-12-35/h2-31H. The van der Waals surface area contributed by atoms with Gasteiger partial charge in [-0.05, 0) is 111 Å². The molecule has 270 valence electrons. The number of benzene rings is 8. The molecule has 0 aliphatic carbocycles. The van der Waals surface area contributed by atoms with Crippen LogP contribution in [-0.2, 0) is 0 Å². The third-order valence-electron chi connectivity index (χ3n) is 11.0. The molecule has 6 nitrogen and oxygen atoms in total. The predicted molar refractivity (Wildman–Crippen MR) is 231 cm³/mol. The summed E-state index contributed by atoms with van der Waals surface area (Å²) in [7, 11) is 0. The Morgan fingerprint density at radius 2 is 1.00 bits per heavy atom. The summed E-state index contributed by atoms with van der Waals surface area (Å²) in [5, 5.41) is 11.3. The number of hydrogen-bond acceptors (Lipinski definition) is 3. The maximum atomic E-state index is 14.9. The molecule has 0 bridgehead atoms. The molecule has 0 atom stereocenters. The Kier molecular flexibility index (Phi) is 8.11. The van der Waals surface area contributed by atoms with Gasteiger partial charge in [-0.2, -0.15) is 5.26 Å². The number of fused-ring (bicyclic) bond motifs is 4. The minimum absolute atomic E-state index is 0.340. The minimum Gasteiger partial charge on any atom is -0.308 e. The number of amides is 2. The zero-order chi connectivity index (χ0) is 39.3. The van der Waals surface area contributed by atoms with Crippen LogP contribution in [0.3, 0.4) is 0 Å². The Labute approximate surface area is 334 Å². The highest BCUT2D eigenvalue weighted by molar-refractivity contribution is 6.36. The van der Waals surface area contributed by atoms with Gasteiger partial charge in [-0.1, -0.05) is 115 Å². The molecule has 0 saturated heterocycles. The number of aromatic nitrogens is 1. The van der Waals surface area contributed by atoms with Crippen LogP contribution in [0, 0.1) is 17.9 Å². The van der Waals surface area contributed by atoms with Crippen LogP contribution in [0.25, 0.3) is 76.8 Å². The van der Waals surface area contributed by atoms with Crippen LogP contribution in [0.5, 0.6) is 0 Å². The van der Waals surface area contributed by atoms with Crippen LogP contribution in [-0.4, -0.2) is 16.4 Å². The van der Waals surface area contributed by atoms with Gasteiger partial charge in [0.2, 0.25) is 0 Å². The van der Waals surface area contributed by atoms with Crippen molar-refractivity contribution in [1.29, 1.82) is 5.26 Å². The van der Waals surface area contributed by atoms with Gasteiger partial charge in [-0.15, -0.1) is 0 Å². The fraction of sp³-hybridized carbons (Fsp3) is 0. The zero-order valence-electron chi connectivity index (χ0n) is 30.9. The first kappa shape index (κ1) is 34.2. The van der Waals surface area contributed by atoms with E-state index in [1.807, 2.05) is 140 Å². The van der Waals surface area contributed by atoms with Gasteiger partial charge in [0.25, 0.3) is 11.8 Å². The average molecular weight is 743 g/mol. The molecule has 58 heavy (non-hydrogen) atoms. The van der Waals surface area contributed by atoms with Gasteiger partial charge in [-0.25, -0.2) is 9.74 Å². The highest BCUT2D eigenvalue weighted by Crippen LogP contribution is 2.42. The van der Waals surface area contributed by atoms with Gasteiger partial charge in [0.15, 0.2) is 5.69 Å². The van der Waals surface area contributed by atoms with Gasteiger partial charge in [0.1, 0.15) is 0 Å². The summed E-state index contributed by atoms with van der Waals surface area (Å²) >= 11 is 0. The van der Waals surface area contributed by atoms with Crippen molar-refractivity contribution in [3.63, 3.8) is 0 Å². The molecule has 2 amide bonds. The number of carbonyl (C=O) groups excluding carboxylic acids is 2. The number of imide groups is 1. The van der Waals surface area contributed by atoms with Gasteiger partial charge < -0.3 is 4.57 Å².